The zero-order chi connectivity index (χ0) is 11.3. The highest BCUT2D eigenvalue weighted by atomic mass is 28.3. The normalized spacial score (nSPS) is 10.7. The van der Waals surface area contributed by atoms with Crippen LogP contribution in [0.25, 0.3) is 0 Å². The van der Waals surface area contributed by atoms with Crippen LogP contribution in [0.5, 0.6) is 0 Å². The van der Waals surface area contributed by atoms with Crippen molar-refractivity contribution in [1.82, 2.24) is 0 Å². The molecule has 0 radical (unpaired) electrons. The Hall–Kier alpha value is -1.00. The minimum Gasteiger partial charge on any atom is -0.127 e. The minimum absolute atomic E-state index is 1.16. The van der Waals surface area contributed by atoms with Gasteiger partial charge in [-0.15, -0.1) is 5.54 Å². The number of benzene rings is 1. The second kappa shape index (κ2) is 5.18. The van der Waals surface area contributed by atoms with Crippen LogP contribution in [-0.4, -0.2) is 8.07 Å². The molecule has 80 valence electrons. The van der Waals surface area contributed by atoms with Gasteiger partial charge in [0.15, 0.2) is 0 Å². The first kappa shape index (κ1) is 12.1. The Morgan fingerprint density at radius 1 is 1.20 bits per heavy atom. The summed E-state index contributed by atoms with van der Waals surface area (Å²) in [5, 5.41) is 0. The van der Waals surface area contributed by atoms with Gasteiger partial charge in [0.25, 0.3) is 0 Å². The Labute approximate surface area is 94.7 Å². The van der Waals surface area contributed by atoms with Crippen molar-refractivity contribution in [1.29, 1.82) is 0 Å². The van der Waals surface area contributed by atoms with E-state index in [4.69, 9.17) is 0 Å². The Morgan fingerprint density at radius 2 is 1.93 bits per heavy atom. The summed E-state index contributed by atoms with van der Waals surface area (Å²) < 4.78 is 0. The van der Waals surface area contributed by atoms with E-state index in [2.05, 4.69) is 62.3 Å². The molecule has 0 fully saturated rings. The molecule has 0 heterocycles. The van der Waals surface area contributed by atoms with Crippen LogP contribution < -0.4 is 0 Å². The molecule has 1 heteroatoms. The molecule has 0 aliphatic heterocycles. The lowest BCUT2D eigenvalue weighted by Gasteiger charge is -2.04. The van der Waals surface area contributed by atoms with Crippen LogP contribution in [0.4, 0.5) is 0 Å². The predicted molar refractivity (Wildman–Crippen MR) is 70.7 cm³/mol. The highest BCUT2D eigenvalue weighted by Gasteiger charge is 2.07. The smallest absolute Gasteiger partial charge is 0.127 e. The SMILES string of the molecule is CCCc1cccc(C#C[Si](C)(C)C)c1. The van der Waals surface area contributed by atoms with Crippen LogP contribution in [0.3, 0.4) is 0 Å². The van der Waals surface area contributed by atoms with E-state index in [0.717, 1.165) is 6.42 Å². The van der Waals surface area contributed by atoms with Crippen LogP contribution in [0, 0.1) is 11.5 Å². The molecule has 0 bridgehead atoms. The first-order chi connectivity index (χ1) is 7.01. The van der Waals surface area contributed by atoms with E-state index in [0.29, 0.717) is 0 Å². The van der Waals surface area contributed by atoms with Crippen molar-refractivity contribution in [2.24, 2.45) is 0 Å². The van der Waals surface area contributed by atoms with Gasteiger partial charge in [0.2, 0.25) is 0 Å². The molecule has 0 aromatic heterocycles. The van der Waals surface area contributed by atoms with Crippen molar-refractivity contribution in [2.45, 2.75) is 39.4 Å². The molecule has 0 aliphatic carbocycles. The highest BCUT2D eigenvalue weighted by Crippen LogP contribution is 2.07. The van der Waals surface area contributed by atoms with E-state index < -0.39 is 8.07 Å². The molecule has 0 amide bonds. The van der Waals surface area contributed by atoms with Gasteiger partial charge < -0.3 is 0 Å². The van der Waals surface area contributed by atoms with Gasteiger partial charge in [-0.2, -0.15) is 0 Å². The Bertz CT molecular complexity index is 374. The van der Waals surface area contributed by atoms with Crippen LogP contribution in [-0.2, 0) is 6.42 Å². The summed E-state index contributed by atoms with van der Waals surface area (Å²) in [6, 6.07) is 8.62. The van der Waals surface area contributed by atoms with Crippen LogP contribution in [0.15, 0.2) is 24.3 Å². The van der Waals surface area contributed by atoms with E-state index in [1.807, 2.05) is 0 Å². The molecule has 1 rings (SSSR count). The van der Waals surface area contributed by atoms with Crippen molar-refractivity contribution >= 4 is 8.07 Å². The number of hydrogen-bond donors (Lipinski definition) is 0. The fraction of sp³-hybridized carbons (Fsp3) is 0.429. The van der Waals surface area contributed by atoms with Crippen molar-refractivity contribution in [2.75, 3.05) is 0 Å². The third kappa shape index (κ3) is 4.85. The average Bonchev–Trinajstić information content (AvgIpc) is 2.15. The van der Waals surface area contributed by atoms with Gasteiger partial charge in [0, 0.05) is 5.56 Å². The first-order valence-corrected chi connectivity index (χ1v) is 9.13. The third-order valence-electron chi connectivity index (χ3n) is 2.05. The van der Waals surface area contributed by atoms with Crippen LogP contribution >= 0.6 is 0 Å². The lowest BCUT2D eigenvalue weighted by molar-refractivity contribution is 0.921. The number of aryl methyl sites for hydroxylation is 1. The molecule has 0 spiro atoms. The first-order valence-electron chi connectivity index (χ1n) is 5.63. The van der Waals surface area contributed by atoms with Crippen LogP contribution in [0.2, 0.25) is 19.6 Å². The topological polar surface area (TPSA) is 0 Å². The van der Waals surface area contributed by atoms with Crippen molar-refractivity contribution < 1.29 is 0 Å². The summed E-state index contributed by atoms with van der Waals surface area (Å²) in [4.78, 5) is 0. The fourth-order valence-electron chi connectivity index (χ4n) is 1.35. The van der Waals surface area contributed by atoms with Crippen molar-refractivity contribution in [3.63, 3.8) is 0 Å². The van der Waals surface area contributed by atoms with Gasteiger partial charge in [0.05, 0.1) is 0 Å². The monoisotopic (exact) mass is 216 g/mol. The van der Waals surface area contributed by atoms with E-state index >= 15 is 0 Å². The summed E-state index contributed by atoms with van der Waals surface area (Å²) >= 11 is 0. The van der Waals surface area contributed by atoms with Crippen molar-refractivity contribution in [3.05, 3.63) is 35.4 Å². The Kier molecular flexibility index (Phi) is 4.17. The van der Waals surface area contributed by atoms with Crippen LogP contribution in [0.1, 0.15) is 24.5 Å². The maximum Gasteiger partial charge on any atom is 0.129 e. The number of rotatable bonds is 2. The van der Waals surface area contributed by atoms with E-state index in [1.165, 1.54) is 17.5 Å². The fourth-order valence-corrected chi connectivity index (χ4v) is 1.87. The minimum atomic E-state index is -1.24. The van der Waals surface area contributed by atoms with Gasteiger partial charge in [-0.1, -0.05) is 51.0 Å². The summed E-state index contributed by atoms with van der Waals surface area (Å²) in [7, 11) is -1.24. The molecule has 1 aromatic rings. The third-order valence-corrected chi connectivity index (χ3v) is 2.92. The zero-order valence-corrected chi connectivity index (χ0v) is 11.2. The van der Waals surface area contributed by atoms with E-state index in [9.17, 15) is 0 Å². The predicted octanol–water partition coefficient (Wildman–Crippen LogP) is 3.87. The molecular formula is C14H20Si. The molecule has 0 unspecified atom stereocenters. The summed E-state index contributed by atoms with van der Waals surface area (Å²) in [5.41, 5.74) is 5.97. The van der Waals surface area contributed by atoms with Gasteiger partial charge in [-0.05, 0) is 24.1 Å². The second-order valence-electron chi connectivity index (χ2n) is 4.95. The zero-order valence-electron chi connectivity index (χ0n) is 10.2. The van der Waals surface area contributed by atoms with Gasteiger partial charge in [-0.3, -0.25) is 0 Å². The summed E-state index contributed by atoms with van der Waals surface area (Å²) in [6.07, 6.45) is 2.35. The van der Waals surface area contributed by atoms with Gasteiger partial charge >= 0.3 is 0 Å². The van der Waals surface area contributed by atoms with E-state index in [1.54, 1.807) is 0 Å². The number of hydrogen-bond acceptors (Lipinski definition) is 0. The van der Waals surface area contributed by atoms with Gasteiger partial charge in [0.1, 0.15) is 8.07 Å². The Morgan fingerprint density at radius 3 is 2.53 bits per heavy atom. The molecule has 0 saturated heterocycles. The molecule has 0 N–H and O–H groups in total. The summed E-state index contributed by atoms with van der Waals surface area (Å²) in [5.74, 6) is 3.30. The largest absolute Gasteiger partial charge is 0.129 e. The molecular weight excluding hydrogens is 196 g/mol. The highest BCUT2D eigenvalue weighted by molar-refractivity contribution is 6.83. The van der Waals surface area contributed by atoms with Crippen molar-refractivity contribution in [3.8, 4) is 11.5 Å². The van der Waals surface area contributed by atoms with E-state index in [-0.39, 0.29) is 0 Å². The standard InChI is InChI=1S/C14H20Si/c1-5-7-13-8-6-9-14(12-13)10-11-15(2,3)4/h6,8-9,12H,5,7H2,1-4H3. The molecule has 0 aliphatic rings. The molecule has 1 aromatic carbocycles. The molecule has 15 heavy (non-hydrogen) atoms. The average molecular weight is 216 g/mol. The maximum absolute atomic E-state index is 3.40. The summed E-state index contributed by atoms with van der Waals surface area (Å²) in [6.45, 7) is 9.03. The second-order valence-corrected chi connectivity index (χ2v) is 9.70. The maximum atomic E-state index is 3.40. The molecule has 0 nitrogen and oxygen atoms in total. The quantitative estimate of drug-likeness (QED) is 0.520. The van der Waals surface area contributed by atoms with Gasteiger partial charge in [-0.25, -0.2) is 0 Å². The Balaban J connectivity index is 2.85. The lowest BCUT2D eigenvalue weighted by atomic mass is 10.1. The molecule has 0 saturated carbocycles. The lowest BCUT2D eigenvalue weighted by Crippen LogP contribution is -2.16. The molecule has 0 atom stereocenters.